The summed E-state index contributed by atoms with van der Waals surface area (Å²) in [7, 11) is 1.64. The highest BCUT2D eigenvalue weighted by Gasteiger charge is 2.24. The molecule has 1 saturated carbocycles. The third-order valence-corrected chi connectivity index (χ3v) is 5.28. The fourth-order valence-corrected chi connectivity index (χ4v) is 3.93. The molecule has 3 rings (SSSR count). The third-order valence-electron chi connectivity index (χ3n) is 5.28. The molecule has 1 N–H and O–H groups in total. The lowest BCUT2D eigenvalue weighted by Gasteiger charge is -2.29. The SMILES string of the molecule is COCCN1C(=O)CCc2cc(NC(=O)CC3CCCCC3)ccc21. The summed E-state index contributed by atoms with van der Waals surface area (Å²) in [6, 6.07) is 5.86. The van der Waals surface area contributed by atoms with E-state index in [1.54, 1.807) is 12.0 Å². The molecule has 0 atom stereocenters. The molecule has 1 aliphatic carbocycles. The maximum absolute atomic E-state index is 12.3. The fourth-order valence-electron chi connectivity index (χ4n) is 3.93. The molecule has 5 heteroatoms. The number of benzene rings is 1. The number of aryl methyl sites for hydroxylation is 1. The van der Waals surface area contributed by atoms with Gasteiger partial charge in [0.05, 0.1) is 6.61 Å². The van der Waals surface area contributed by atoms with Crippen molar-refractivity contribution in [2.75, 3.05) is 30.5 Å². The number of hydrogen-bond donors (Lipinski definition) is 1. The lowest BCUT2D eigenvalue weighted by molar-refractivity contribution is -0.119. The molecule has 1 aromatic rings. The molecule has 1 aromatic carbocycles. The Morgan fingerprint density at radius 3 is 2.80 bits per heavy atom. The molecule has 0 aromatic heterocycles. The van der Waals surface area contributed by atoms with Crippen LogP contribution in [0.5, 0.6) is 0 Å². The topological polar surface area (TPSA) is 58.6 Å². The molecule has 1 aliphatic heterocycles. The molecule has 5 nitrogen and oxygen atoms in total. The molecule has 136 valence electrons. The van der Waals surface area contributed by atoms with Gasteiger partial charge < -0.3 is 15.0 Å². The van der Waals surface area contributed by atoms with E-state index in [1.807, 2.05) is 18.2 Å². The van der Waals surface area contributed by atoms with Gasteiger partial charge in [-0.1, -0.05) is 19.3 Å². The van der Waals surface area contributed by atoms with E-state index in [-0.39, 0.29) is 11.8 Å². The molecule has 0 radical (unpaired) electrons. The van der Waals surface area contributed by atoms with Crippen molar-refractivity contribution in [2.45, 2.75) is 51.4 Å². The number of carbonyl (C=O) groups excluding carboxylic acids is 2. The predicted octanol–water partition coefficient (Wildman–Crippen LogP) is 3.52. The summed E-state index contributed by atoms with van der Waals surface area (Å²) in [6.45, 7) is 1.08. The van der Waals surface area contributed by atoms with Gasteiger partial charge in [-0.15, -0.1) is 0 Å². The minimum Gasteiger partial charge on any atom is -0.383 e. The molecule has 0 bridgehead atoms. The monoisotopic (exact) mass is 344 g/mol. The van der Waals surface area contributed by atoms with Crippen LogP contribution >= 0.6 is 0 Å². The summed E-state index contributed by atoms with van der Waals surface area (Å²) in [4.78, 5) is 26.2. The number of fused-ring (bicyclic) bond motifs is 1. The molecule has 0 unspecified atom stereocenters. The highest BCUT2D eigenvalue weighted by Crippen LogP contribution is 2.31. The zero-order valence-corrected chi connectivity index (χ0v) is 15.1. The Morgan fingerprint density at radius 1 is 1.24 bits per heavy atom. The van der Waals surface area contributed by atoms with E-state index in [2.05, 4.69) is 5.32 Å². The maximum Gasteiger partial charge on any atom is 0.227 e. The highest BCUT2D eigenvalue weighted by atomic mass is 16.5. The van der Waals surface area contributed by atoms with Crippen molar-refractivity contribution >= 4 is 23.2 Å². The van der Waals surface area contributed by atoms with E-state index in [9.17, 15) is 9.59 Å². The van der Waals surface area contributed by atoms with Crippen LogP contribution in [0.1, 0.15) is 50.5 Å². The number of carbonyl (C=O) groups is 2. The molecule has 0 saturated heterocycles. The minimum atomic E-state index is 0.106. The van der Waals surface area contributed by atoms with Crippen LogP contribution in [-0.4, -0.2) is 32.1 Å². The second-order valence-corrected chi connectivity index (χ2v) is 7.14. The second-order valence-electron chi connectivity index (χ2n) is 7.14. The molecular weight excluding hydrogens is 316 g/mol. The van der Waals surface area contributed by atoms with Crippen molar-refractivity contribution in [2.24, 2.45) is 5.92 Å². The summed E-state index contributed by atoms with van der Waals surface area (Å²) in [6.07, 6.45) is 8.02. The minimum absolute atomic E-state index is 0.106. The summed E-state index contributed by atoms with van der Waals surface area (Å²) in [5, 5.41) is 3.04. The van der Waals surface area contributed by atoms with Gasteiger partial charge in [0.1, 0.15) is 0 Å². The number of nitrogens with one attached hydrogen (secondary N) is 1. The van der Waals surface area contributed by atoms with Gasteiger partial charge in [-0.25, -0.2) is 0 Å². The van der Waals surface area contributed by atoms with E-state index in [0.29, 0.717) is 31.9 Å². The van der Waals surface area contributed by atoms with Crippen LogP contribution in [0.3, 0.4) is 0 Å². The van der Waals surface area contributed by atoms with Crippen LogP contribution in [-0.2, 0) is 20.7 Å². The Kier molecular flexibility index (Phi) is 6.08. The van der Waals surface area contributed by atoms with Crippen LogP contribution in [0.4, 0.5) is 11.4 Å². The smallest absolute Gasteiger partial charge is 0.227 e. The molecule has 0 spiro atoms. The molecule has 2 aliphatic rings. The average molecular weight is 344 g/mol. The zero-order chi connectivity index (χ0) is 17.6. The van der Waals surface area contributed by atoms with Crippen LogP contribution < -0.4 is 10.2 Å². The van der Waals surface area contributed by atoms with Gasteiger partial charge in [0.25, 0.3) is 0 Å². The van der Waals surface area contributed by atoms with E-state index in [4.69, 9.17) is 4.74 Å². The largest absolute Gasteiger partial charge is 0.383 e. The Labute approximate surface area is 149 Å². The van der Waals surface area contributed by atoms with Gasteiger partial charge in [0.15, 0.2) is 0 Å². The Balaban J connectivity index is 1.64. The summed E-state index contributed by atoms with van der Waals surface area (Å²) in [5.41, 5.74) is 2.89. The van der Waals surface area contributed by atoms with Crippen molar-refractivity contribution in [1.29, 1.82) is 0 Å². The standard InChI is InChI=1S/C20H28N2O3/c1-25-12-11-22-18-9-8-17(14-16(18)7-10-20(22)24)21-19(23)13-15-5-3-2-4-6-15/h8-9,14-15H,2-7,10-13H2,1H3,(H,21,23). The molecule has 1 fully saturated rings. The number of ether oxygens (including phenoxy) is 1. The van der Waals surface area contributed by atoms with Gasteiger partial charge in [-0.3, -0.25) is 9.59 Å². The number of methoxy groups -OCH3 is 1. The molecule has 25 heavy (non-hydrogen) atoms. The maximum atomic E-state index is 12.3. The van der Waals surface area contributed by atoms with E-state index in [1.165, 1.54) is 32.1 Å². The van der Waals surface area contributed by atoms with Crippen LogP contribution in [0.15, 0.2) is 18.2 Å². The number of amides is 2. The van der Waals surface area contributed by atoms with Gasteiger partial charge >= 0.3 is 0 Å². The number of anilines is 2. The Morgan fingerprint density at radius 2 is 2.04 bits per heavy atom. The van der Waals surface area contributed by atoms with Crippen molar-refractivity contribution in [3.63, 3.8) is 0 Å². The van der Waals surface area contributed by atoms with Crippen molar-refractivity contribution < 1.29 is 14.3 Å². The van der Waals surface area contributed by atoms with Crippen molar-refractivity contribution in [3.05, 3.63) is 23.8 Å². The Bertz CT molecular complexity index is 623. The Hall–Kier alpha value is -1.88. The van der Waals surface area contributed by atoms with Gasteiger partial charge in [0.2, 0.25) is 11.8 Å². The van der Waals surface area contributed by atoms with Crippen molar-refractivity contribution in [1.82, 2.24) is 0 Å². The van der Waals surface area contributed by atoms with Gasteiger partial charge in [0, 0.05) is 37.9 Å². The summed E-state index contributed by atoms with van der Waals surface area (Å²) >= 11 is 0. The average Bonchev–Trinajstić information content (AvgIpc) is 2.62. The highest BCUT2D eigenvalue weighted by molar-refractivity contribution is 5.97. The number of nitrogens with zero attached hydrogens (tertiary/aromatic N) is 1. The number of rotatable bonds is 6. The fraction of sp³-hybridized carbons (Fsp3) is 0.600. The molecular formula is C20H28N2O3. The first kappa shape index (κ1) is 17.9. The third kappa shape index (κ3) is 4.60. The lowest BCUT2D eigenvalue weighted by atomic mass is 9.87. The van der Waals surface area contributed by atoms with E-state index >= 15 is 0 Å². The zero-order valence-electron chi connectivity index (χ0n) is 15.1. The number of hydrogen-bond acceptors (Lipinski definition) is 3. The van der Waals surface area contributed by atoms with Gasteiger partial charge in [-0.05, 0) is 48.9 Å². The molecule has 2 amide bonds. The second kappa shape index (κ2) is 8.48. The molecule has 1 heterocycles. The van der Waals surface area contributed by atoms with E-state index in [0.717, 1.165) is 23.4 Å². The van der Waals surface area contributed by atoms with Crippen LogP contribution in [0, 0.1) is 5.92 Å². The van der Waals surface area contributed by atoms with Crippen LogP contribution in [0.25, 0.3) is 0 Å². The first-order valence-corrected chi connectivity index (χ1v) is 9.39. The van der Waals surface area contributed by atoms with Crippen molar-refractivity contribution in [3.8, 4) is 0 Å². The first-order chi connectivity index (χ1) is 12.2. The first-order valence-electron chi connectivity index (χ1n) is 9.39. The normalized spacial score (nSPS) is 18.1. The predicted molar refractivity (Wildman–Crippen MR) is 98.8 cm³/mol. The lowest BCUT2D eigenvalue weighted by Crippen LogP contribution is -2.37. The quantitative estimate of drug-likeness (QED) is 0.859. The van der Waals surface area contributed by atoms with E-state index < -0.39 is 0 Å². The summed E-state index contributed by atoms with van der Waals surface area (Å²) in [5.74, 6) is 0.780. The van der Waals surface area contributed by atoms with Gasteiger partial charge in [-0.2, -0.15) is 0 Å². The summed E-state index contributed by atoms with van der Waals surface area (Å²) < 4.78 is 5.11. The van der Waals surface area contributed by atoms with Crippen LogP contribution in [0.2, 0.25) is 0 Å².